The number of nitro benzene ring substituents is 1. The molecule has 1 aromatic rings. The molecule has 0 aliphatic rings. The van der Waals surface area contributed by atoms with E-state index in [0.29, 0.717) is 11.0 Å². The third-order valence-corrected chi connectivity index (χ3v) is 2.66. The summed E-state index contributed by atoms with van der Waals surface area (Å²) in [5.41, 5.74) is 1.17. The van der Waals surface area contributed by atoms with Gasteiger partial charge in [0.15, 0.2) is 0 Å². The maximum Gasteiger partial charge on any atom is 0.272 e. The molecule has 0 amide bonds. The zero-order valence-electron chi connectivity index (χ0n) is 6.37. The van der Waals surface area contributed by atoms with Crippen molar-refractivity contribution in [3.05, 3.63) is 31.4 Å². The van der Waals surface area contributed by atoms with E-state index in [2.05, 4.69) is 0 Å². The molecule has 0 N–H and O–H groups in total. The second-order valence-corrected chi connectivity index (χ2v) is 3.57. The van der Waals surface area contributed by atoms with Crippen LogP contribution in [0.5, 0.6) is 0 Å². The minimum absolute atomic E-state index is 0.0828. The first-order valence-corrected chi connectivity index (χ1v) is 4.30. The third kappa shape index (κ3) is 1.77. The standard InChI is InChI=1S/C7H5BINO2/c1-4-6(9)2-5(8)3-7(4)10(11)12/h2-3H,1H3. The number of nitro groups is 1. The van der Waals surface area contributed by atoms with Crippen molar-refractivity contribution in [3.8, 4) is 0 Å². The van der Waals surface area contributed by atoms with Gasteiger partial charge in [-0.15, -0.1) is 0 Å². The van der Waals surface area contributed by atoms with Crippen LogP contribution in [0.25, 0.3) is 0 Å². The van der Waals surface area contributed by atoms with Gasteiger partial charge in [-0.2, -0.15) is 0 Å². The fourth-order valence-electron chi connectivity index (χ4n) is 0.874. The Balaban J connectivity index is 3.37. The lowest BCUT2D eigenvalue weighted by atomic mass is 9.94. The summed E-state index contributed by atoms with van der Waals surface area (Å²) in [5.74, 6) is 0. The summed E-state index contributed by atoms with van der Waals surface area (Å²) < 4.78 is 0.819. The van der Waals surface area contributed by atoms with Crippen molar-refractivity contribution in [1.82, 2.24) is 0 Å². The molecule has 0 spiro atoms. The van der Waals surface area contributed by atoms with Gasteiger partial charge < -0.3 is 0 Å². The summed E-state index contributed by atoms with van der Waals surface area (Å²) in [6, 6.07) is 3.08. The maximum absolute atomic E-state index is 10.5. The Kier molecular flexibility index (Phi) is 2.71. The molecule has 60 valence electrons. The molecule has 0 bridgehead atoms. The van der Waals surface area contributed by atoms with Gasteiger partial charge in [-0.05, 0) is 29.5 Å². The highest BCUT2D eigenvalue weighted by Crippen LogP contribution is 2.20. The van der Waals surface area contributed by atoms with E-state index < -0.39 is 4.92 Å². The first-order chi connectivity index (χ1) is 5.52. The zero-order valence-corrected chi connectivity index (χ0v) is 8.53. The Labute approximate surface area is 84.9 Å². The summed E-state index contributed by atoms with van der Waals surface area (Å²) in [6.45, 7) is 1.71. The fourth-order valence-corrected chi connectivity index (χ4v) is 1.51. The highest BCUT2D eigenvalue weighted by Gasteiger charge is 2.12. The quantitative estimate of drug-likeness (QED) is 0.335. The second-order valence-electron chi connectivity index (χ2n) is 2.40. The average molecular weight is 273 g/mol. The number of hydrogen-bond acceptors (Lipinski definition) is 2. The van der Waals surface area contributed by atoms with Crippen LogP contribution in [0.4, 0.5) is 5.69 Å². The van der Waals surface area contributed by atoms with Crippen LogP contribution in [-0.2, 0) is 0 Å². The lowest BCUT2D eigenvalue weighted by Gasteiger charge is -2.01. The molecule has 1 rings (SSSR count). The maximum atomic E-state index is 10.5. The summed E-state index contributed by atoms with van der Waals surface area (Å²) in [6.07, 6.45) is 0. The average Bonchev–Trinajstić information content (AvgIpc) is 1.96. The molecule has 3 nitrogen and oxygen atoms in total. The Hall–Kier alpha value is -0.585. The van der Waals surface area contributed by atoms with Crippen molar-refractivity contribution >= 4 is 41.6 Å². The normalized spacial score (nSPS) is 9.83. The second kappa shape index (κ2) is 3.43. The summed E-state index contributed by atoms with van der Waals surface area (Å²) >= 11 is 2.02. The van der Waals surface area contributed by atoms with Gasteiger partial charge in [-0.25, -0.2) is 0 Å². The van der Waals surface area contributed by atoms with E-state index in [1.807, 2.05) is 22.6 Å². The van der Waals surface area contributed by atoms with E-state index in [1.54, 1.807) is 13.0 Å². The number of hydrogen-bond donors (Lipinski definition) is 0. The number of nitrogens with zero attached hydrogens (tertiary/aromatic N) is 1. The van der Waals surface area contributed by atoms with Gasteiger partial charge in [0.1, 0.15) is 7.85 Å². The highest BCUT2D eigenvalue weighted by atomic mass is 127. The predicted molar refractivity (Wildman–Crippen MR) is 55.9 cm³/mol. The molecule has 0 aromatic heterocycles. The molecule has 0 aliphatic carbocycles. The zero-order chi connectivity index (χ0) is 9.30. The molecule has 0 aliphatic heterocycles. The van der Waals surface area contributed by atoms with Gasteiger partial charge in [-0.3, -0.25) is 10.1 Å². The molecule has 0 fully saturated rings. The minimum Gasteiger partial charge on any atom is -0.258 e. The van der Waals surface area contributed by atoms with E-state index in [1.165, 1.54) is 6.07 Å². The summed E-state index contributed by atoms with van der Waals surface area (Å²) in [4.78, 5) is 10.1. The smallest absolute Gasteiger partial charge is 0.258 e. The first-order valence-electron chi connectivity index (χ1n) is 3.22. The predicted octanol–water partition coefficient (Wildman–Crippen LogP) is 1.30. The molecule has 5 heteroatoms. The largest absolute Gasteiger partial charge is 0.272 e. The van der Waals surface area contributed by atoms with Gasteiger partial charge in [0.05, 0.1) is 4.92 Å². The van der Waals surface area contributed by atoms with E-state index in [-0.39, 0.29) is 5.69 Å². The lowest BCUT2D eigenvalue weighted by molar-refractivity contribution is -0.385. The summed E-state index contributed by atoms with van der Waals surface area (Å²) in [7, 11) is 5.46. The van der Waals surface area contributed by atoms with Gasteiger partial charge in [-0.1, -0.05) is 11.5 Å². The summed E-state index contributed by atoms with van der Waals surface area (Å²) in [5, 5.41) is 10.5. The van der Waals surface area contributed by atoms with E-state index in [4.69, 9.17) is 7.85 Å². The molecular weight excluding hydrogens is 268 g/mol. The van der Waals surface area contributed by atoms with Gasteiger partial charge in [0.25, 0.3) is 5.69 Å². The van der Waals surface area contributed by atoms with E-state index in [0.717, 1.165) is 3.57 Å². The van der Waals surface area contributed by atoms with Gasteiger partial charge >= 0.3 is 0 Å². The lowest BCUT2D eigenvalue weighted by Crippen LogP contribution is -2.06. The highest BCUT2D eigenvalue weighted by molar-refractivity contribution is 14.1. The van der Waals surface area contributed by atoms with Crippen LogP contribution < -0.4 is 5.46 Å². The van der Waals surface area contributed by atoms with Crippen LogP contribution in [0.1, 0.15) is 5.56 Å². The van der Waals surface area contributed by atoms with Gasteiger partial charge in [0, 0.05) is 15.2 Å². The third-order valence-electron chi connectivity index (χ3n) is 1.54. The molecular formula is C7H5BINO2. The number of rotatable bonds is 1. The molecule has 12 heavy (non-hydrogen) atoms. The Bertz CT molecular complexity index is 340. The van der Waals surface area contributed by atoms with Crippen LogP contribution in [0.3, 0.4) is 0 Å². The van der Waals surface area contributed by atoms with Crippen molar-refractivity contribution in [2.24, 2.45) is 0 Å². The molecule has 0 atom stereocenters. The molecule has 0 saturated heterocycles. The van der Waals surface area contributed by atoms with Crippen molar-refractivity contribution < 1.29 is 4.92 Å². The fraction of sp³-hybridized carbons (Fsp3) is 0.143. The monoisotopic (exact) mass is 273 g/mol. The topological polar surface area (TPSA) is 43.1 Å². The van der Waals surface area contributed by atoms with Crippen molar-refractivity contribution in [3.63, 3.8) is 0 Å². The van der Waals surface area contributed by atoms with Crippen molar-refractivity contribution in [2.45, 2.75) is 6.92 Å². The molecule has 1 aromatic carbocycles. The van der Waals surface area contributed by atoms with Gasteiger partial charge in [0.2, 0.25) is 0 Å². The van der Waals surface area contributed by atoms with E-state index in [9.17, 15) is 10.1 Å². The minimum atomic E-state index is -0.423. The number of halogens is 1. The molecule has 2 radical (unpaired) electrons. The van der Waals surface area contributed by atoms with Crippen LogP contribution in [0.15, 0.2) is 12.1 Å². The number of benzene rings is 1. The van der Waals surface area contributed by atoms with Crippen LogP contribution in [0.2, 0.25) is 0 Å². The van der Waals surface area contributed by atoms with E-state index >= 15 is 0 Å². The molecule has 0 heterocycles. The Morgan fingerprint density at radius 1 is 1.58 bits per heavy atom. The SMILES string of the molecule is [B]c1cc(I)c(C)c([N+](=O)[O-])c1. The Morgan fingerprint density at radius 3 is 2.67 bits per heavy atom. The van der Waals surface area contributed by atoms with Crippen molar-refractivity contribution in [2.75, 3.05) is 0 Å². The van der Waals surface area contributed by atoms with Crippen LogP contribution in [-0.4, -0.2) is 12.8 Å². The Morgan fingerprint density at radius 2 is 2.17 bits per heavy atom. The first kappa shape index (κ1) is 9.50. The van der Waals surface area contributed by atoms with Crippen LogP contribution >= 0.6 is 22.6 Å². The van der Waals surface area contributed by atoms with Crippen LogP contribution in [0, 0.1) is 20.6 Å². The van der Waals surface area contributed by atoms with Crippen molar-refractivity contribution in [1.29, 1.82) is 0 Å². The molecule has 0 unspecified atom stereocenters. The molecule has 0 saturated carbocycles.